The highest BCUT2D eigenvalue weighted by Crippen LogP contribution is 2.39. The zero-order chi connectivity index (χ0) is 29.8. The molecule has 1 saturated carbocycles. The number of methoxy groups -OCH3 is 1. The first-order chi connectivity index (χ1) is 21.0. The van der Waals surface area contributed by atoms with Crippen molar-refractivity contribution in [3.8, 4) is 17.0 Å². The Morgan fingerprint density at radius 3 is 2.42 bits per heavy atom. The summed E-state index contributed by atoms with van der Waals surface area (Å²) in [6, 6.07) is 13.8. The Kier molecular flexibility index (Phi) is 9.40. The monoisotopic (exact) mass is 602 g/mol. The summed E-state index contributed by atoms with van der Waals surface area (Å²) >= 11 is 1.39. The minimum Gasteiger partial charge on any atom is -0.496 e. The predicted molar refractivity (Wildman–Crippen MR) is 170 cm³/mol. The van der Waals surface area contributed by atoms with E-state index in [9.17, 15) is 14.7 Å². The van der Waals surface area contributed by atoms with Crippen molar-refractivity contribution in [3.05, 3.63) is 64.5 Å². The van der Waals surface area contributed by atoms with Gasteiger partial charge in [-0.2, -0.15) is 0 Å². The minimum atomic E-state index is -0.254. The normalized spacial score (nSPS) is 20.3. The number of aliphatic hydroxyl groups is 1. The van der Waals surface area contributed by atoms with Gasteiger partial charge in [0.05, 0.1) is 12.8 Å². The number of thiazole rings is 1. The highest BCUT2D eigenvalue weighted by Gasteiger charge is 2.31. The maximum Gasteiger partial charge on any atom is 0.257 e. The lowest BCUT2D eigenvalue weighted by Crippen LogP contribution is -2.46. The molecule has 3 aliphatic rings. The number of piperidine rings is 1. The maximum atomic E-state index is 13.2. The van der Waals surface area contributed by atoms with Crippen molar-refractivity contribution in [3.63, 3.8) is 0 Å². The second-order valence-electron chi connectivity index (χ2n) is 12.2. The van der Waals surface area contributed by atoms with E-state index in [-0.39, 0.29) is 18.4 Å². The molecule has 1 aromatic heterocycles. The number of rotatable bonds is 8. The van der Waals surface area contributed by atoms with Crippen LogP contribution in [0.1, 0.15) is 83.6 Å². The van der Waals surface area contributed by atoms with E-state index in [2.05, 4.69) is 22.3 Å². The van der Waals surface area contributed by atoms with E-state index in [0.717, 1.165) is 62.4 Å². The summed E-state index contributed by atoms with van der Waals surface area (Å²) in [5.74, 6) is 1.50. The van der Waals surface area contributed by atoms with E-state index in [4.69, 9.17) is 9.72 Å². The first-order valence-corrected chi connectivity index (χ1v) is 16.6. The average Bonchev–Trinajstić information content (AvgIpc) is 3.75. The molecule has 43 heavy (non-hydrogen) atoms. The lowest BCUT2D eigenvalue weighted by Gasteiger charge is -2.36. The fourth-order valence-electron chi connectivity index (χ4n) is 6.96. The van der Waals surface area contributed by atoms with Crippen molar-refractivity contribution in [2.45, 2.75) is 63.3 Å². The summed E-state index contributed by atoms with van der Waals surface area (Å²) in [5.41, 5.74) is 4.15. The number of ether oxygens (including phenoxy) is 1. The van der Waals surface area contributed by atoms with Crippen LogP contribution in [0, 0.1) is 5.92 Å². The summed E-state index contributed by atoms with van der Waals surface area (Å²) in [6.07, 6.45) is 9.28. The predicted octanol–water partition coefficient (Wildman–Crippen LogP) is 6.04. The van der Waals surface area contributed by atoms with Gasteiger partial charge in [0.2, 0.25) is 0 Å². The van der Waals surface area contributed by atoms with E-state index in [1.165, 1.54) is 49.0 Å². The molecule has 2 amide bonds. The van der Waals surface area contributed by atoms with Gasteiger partial charge in [-0.25, -0.2) is 4.98 Å². The van der Waals surface area contributed by atoms with Gasteiger partial charge < -0.3 is 14.7 Å². The summed E-state index contributed by atoms with van der Waals surface area (Å²) in [4.78, 5) is 35.3. The first kappa shape index (κ1) is 29.8. The molecule has 2 saturated heterocycles. The van der Waals surface area contributed by atoms with Gasteiger partial charge in [-0.1, -0.05) is 25.3 Å². The molecule has 3 aromatic rings. The molecule has 0 spiro atoms. The van der Waals surface area contributed by atoms with E-state index in [1.807, 2.05) is 16.3 Å². The molecule has 6 rings (SSSR count). The van der Waals surface area contributed by atoms with Crippen molar-refractivity contribution in [1.29, 1.82) is 0 Å². The van der Waals surface area contributed by atoms with Crippen LogP contribution in [0.4, 0.5) is 5.13 Å². The Bertz CT molecular complexity index is 1410. The molecule has 2 aromatic carbocycles. The average molecular weight is 603 g/mol. The van der Waals surface area contributed by atoms with Gasteiger partial charge in [-0.3, -0.25) is 19.8 Å². The van der Waals surface area contributed by atoms with Crippen molar-refractivity contribution in [2.24, 2.45) is 5.92 Å². The van der Waals surface area contributed by atoms with Gasteiger partial charge in [0, 0.05) is 54.4 Å². The van der Waals surface area contributed by atoms with Crippen LogP contribution in [0.25, 0.3) is 11.3 Å². The summed E-state index contributed by atoms with van der Waals surface area (Å²) < 4.78 is 5.65. The number of benzene rings is 2. The first-order valence-electron chi connectivity index (χ1n) is 15.7. The topological polar surface area (TPSA) is 95.0 Å². The molecular formula is C34H42N4O4S. The lowest BCUT2D eigenvalue weighted by molar-refractivity contribution is 0.0637. The van der Waals surface area contributed by atoms with E-state index < -0.39 is 0 Å². The summed E-state index contributed by atoms with van der Waals surface area (Å²) in [5, 5.41) is 14.9. The number of hydrogen-bond acceptors (Lipinski definition) is 7. The van der Waals surface area contributed by atoms with E-state index in [1.54, 1.807) is 31.4 Å². The highest BCUT2D eigenvalue weighted by atomic mass is 32.1. The Hall–Kier alpha value is -3.27. The molecule has 3 heterocycles. The van der Waals surface area contributed by atoms with E-state index in [0.29, 0.717) is 34.1 Å². The van der Waals surface area contributed by atoms with Crippen molar-refractivity contribution < 1.29 is 19.4 Å². The molecule has 0 bridgehead atoms. The molecule has 9 heteroatoms. The number of carbonyl (C=O) groups excluding carboxylic acids is 2. The Balaban J connectivity index is 1.05. The van der Waals surface area contributed by atoms with Gasteiger partial charge in [-0.15, -0.1) is 11.3 Å². The minimum absolute atomic E-state index is 0.00837. The van der Waals surface area contributed by atoms with Crippen molar-refractivity contribution in [1.82, 2.24) is 14.8 Å². The number of nitrogens with one attached hydrogen (secondary N) is 1. The number of aromatic nitrogens is 1. The molecule has 1 atom stereocenters. The zero-order valence-electron chi connectivity index (χ0n) is 25.0. The number of carbonyl (C=O) groups is 2. The van der Waals surface area contributed by atoms with Gasteiger partial charge in [0.15, 0.2) is 5.13 Å². The van der Waals surface area contributed by atoms with Crippen LogP contribution >= 0.6 is 11.3 Å². The van der Waals surface area contributed by atoms with Crippen LogP contribution in [-0.2, 0) is 0 Å². The zero-order valence-corrected chi connectivity index (χ0v) is 25.8. The number of likely N-dealkylation sites (tertiary alicyclic amines) is 2. The molecular weight excluding hydrogens is 560 g/mol. The SMILES string of the molecule is COc1ccc(C2CCCCC2)cc1-c1csc(NC(=O)c2ccc(C(=O)N3CCC(N4CC[C@H](CO)C4)CC3)cc2)n1. The van der Waals surface area contributed by atoms with Gasteiger partial charge in [-0.05, 0) is 92.4 Å². The standard InChI is InChI=1S/C34H42N4O4S/c1-42-31-12-11-27(24-5-3-2-4-6-24)19-29(31)30-22-43-34(35-30)36-32(40)25-7-9-26(10-8-25)33(41)37-17-14-28(15-18-37)38-16-13-23(20-38)21-39/h7-12,19,22-24,28,39H,2-6,13-18,20-21H2,1H3,(H,35,36,40)/t23-/m0/s1. The van der Waals surface area contributed by atoms with Gasteiger partial charge in [0.25, 0.3) is 11.8 Å². The van der Waals surface area contributed by atoms with Crippen LogP contribution in [0.5, 0.6) is 5.75 Å². The molecule has 228 valence electrons. The maximum absolute atomic E-state index is 13.2. The highest BCUT2D eigenvalue weighted by molar-refractivity contribution is 7.14. The van der Waals surface area contributed by atoms with E-state index >= 15 is 0 Å². The van der Waals surface area contributed by atoms with Crippen LogP contribution < -0.4 is 10.1 Å². The fourth-order valence-corrected chi connectivity index (χ4v) is 7.67. The summed E-state index contributed by atoms with van der Waals surface area (Å²) in [7, 11) is 1.67. The molecule has 0 radical (unpaired) electrons. The quantitative estimate of drug-likeness (QED) is 0.327. The third kappa shape index (κ3) is 6.79. The van der Waals surface area contributed by atoms with Gasteiger partial charge >= 0.3 is 0 Å². The largest absolute Gasteiger partial charge is 0.496 e. The smallest absolute Gasteiger partial charge is 0.257 e. The molecule has 2 N–H and O–H groups in total. The number of amides is 2. The molecule has 3 fully saturated rings. The van der Waals surface area contributed by atoms with Crippen molar-refractivity contribution in [2.75, 3.05) is 45.2 Å². The van der Waals surface area contributed by atoms with Gasteiger partial charge in [0.1, 0.15) is 5.75 Å². The second kappa shape index (κ2) is 13.6. The number of nitrogens with zero attached hydrogens (tertiary/aromatic N) is 3. The third-order valence-corrected chi connectivity index (χ3v) is 10.3. The second-order valence-corrected chi connectivity index (χ2v) is 13.1. The lowest BCUT2D eigenvalue weighted by atomic mass is 9.83. The van der Waals surface area contributed by atoms with Crippen molar-refractivity contribution >= 4 is 28.3 Å². The molecule has 0 unspecified atom stereocenters. The van der Waals surface area contributed by atoms with Crippen LogP contribution in [0.2, 0.25) is 0 Å². The van der Waals surface area contributed by atoms with Crippen LogP contribution in [0.15, 0.2) is 47.8 Å². The molecule has 1 aliphatic carbocycles. The molecule has 8 nitrogen and oxygen atoms in total. The van der Waals surface area contributed by atoms with Crippen LogP contribution in [-0.4, -0.2) is 77.6 Å². The number of hydrogen-bond donors (Lipinski definition) is 2. The number of anilines is 1. The molecule has 2 aliphatic heterocycles. The fraction of sp³-hybridized carbons (Fsp3) is 0.500. The summed E-state index contributed by atoms with van der Waals surface area (Å²) in [6.45, 7) is 3.72. The third-order valence-electron chi connectivity index (χ3n) is 9.54. The Morgan fingerprint density at radius 1 is 0.977 bits per heavy atom. The Morgan fingerprint density at radius 2 is 1.72 bits per heavy atom. The van der Waals surface area contributed by atoms with Crippen LogP contribution in [0.3, 0.4) is 0 Å². The number of aliphatic hydroxyl groups excluding tert-OH is 1. The Labute approximate surface area is 258 Å².